The molecule has 2 rings (SSSR count). The number of hydrogen-bond acceptors (Lipinski definition) is 1. The van der Waals surface area contributed by atoms with Gasteiger partial charge >= 0.3 is 0 Å². The van der Waals surface area contributed by atoms with Gasteiger partial charge in [-0.1, -0.05) is 23.2 Å². The minimum atomic E-state index is -0.490. The van der Waals surface area contributed by atoms with E-state index in [1.165, 1.54) is 36.4 Å². The average molecular weight is 288 g/mol. The first-order chi connectivity index (χ1) is 8.56. The molecule has 0 fully saturated rings. The first-order valence-electron chi connectivity index (χ1n) is 5.19. The van der Waals surface area contributed by atoms with E-state index in [0.29, 0.717) is 16.3 Å². The fourth-order valence-electron chi connectivity index (χ4n) is 1.48. The zero-order chi connectivity index (χ0) is 13.1. The van der Waals surface area contributed by atoms with Gasteiger partial charge in [-0.3, -0.25) is 0 Å². The zero-order valence-electron chi connectivity index (χ0n) is 9.18. The molecule has 0 aliphatic rings. The van der Waals surface area contributed by atoms with Crippen molar-refractivity contribution in [1.82, 2.24) is 0 Å². The quantitative estimate of drug-likeness (QED) is 0.848. The Bertz CT molecular complexity index is 573. The van der Waals surface area contributed by atoms with Gasteiger partial charge in [0.1, 0.15) is 11.6 Å². The van der Waals surface area contributed by atoms with Gasteiger partial charge in [-0.25, -0.2) is 8.78 Å². The number of nitrogens with one attached hydrogen (secondary N) is 1. The van der Waals surface area contributed by atoms with E-state index >= 15 is 0 Å². The van der Waals surface area contributed by atoms with Crippen LogP contribution in [0.2, 0.25) is 10.0 Å². The standard InChI is InChI=1S/C13H9Cl2F2N/c14-9-1-3-12(16)8(5-9)7-18-10-2-4-13(17)11(15)6-10/h1-6,18H,7H2. The van der Waals surface area contributed by atoms with E-state index in [1.54, 1.807) is 0 Å². The van der Waals surface area contributed by atoms with Crippen molar-refractivity contribution in [2.24, 2.45) is 0 Å². The Morgan fingerprint density at radius 3 is 2.39 bits per heavy atom. The number of halogens is 4. The molecule has 0 atom stereocenters. The Labute approximate surface area is 113 Å². The predicted octanol–water partition coefficient (Wildman–Crippen LogP) is 4.88. The number of rotatable bonds is 3. The third-order valence-electron chi connectivity index (χ3n) is 2.41. The molecule has 0 heterocycles. The largest absolute Gasteiger partial charge is 0.381 e. The van der Waals surface area contributed by atoms with Crippen molar-refractivity contribution in [3.63, 3.8) is 0 Å². The van der Waals surface area contributed by atoms with Crippen LogP contribution in [0.5, 0.6) is 0 Å². The topological polar surface area (TPSA) is 12.0 Å². The molecule has 2 aromatic rings. The van der Waals surface area contributed by atoms with Crippen LogP contribution in [0.1, 0.15) is 5.56 Å². The van der Waals surface area contributed by atoms with Crippen LogP contribution in [-0.2, 0) is 6.54 Å². The van der Waals surface area contributed by atoms with Crippen LogP contribution >= 0.6 is 23.2 Å². The van der Waals surface area contributed by atoms with E-state index in [4.69, 9.17) is 23.2 Å². The van der Waals surface area contributed by atoms with Crippen LogP contribution in [0.25, 0.3) is 0 Å². The van der Waals surface area contributed by atoms with Gasteiger partial charge in [-0.05, 0) is 36.4 Å². The molecule has 0 bridgehead atoms. The van der Waals surface area contributed by atoms with Crippen molar-refractivity contribution >= 4 is 28.9 Å². The summed E-state index contributed by atoms with van der Waals surface area (Å²) in [4.78, 5) is 0. The molecule has 0 amide bonds. The number of benzene rings is 2. The van der Waals surface area contributed by atoms with E-state index in [0.717, 1.165) is 0 Å². The zero-order valence-corrected chi connectivity index (χ0v) is 10.7. The third-order valence-corrected chi connectivity index (χ3v) is 2.94. The lowest BCUT2D eigenvalue weighted by Gasteiger charge is -2.08. The SMILES string of the molecule is Fc1ccc(NCc2cc(Cl)ccc2F)cc1Cl. The summed E-state index contributed by atoms with van der Waals surface area (Å²) in [5, 5.41) is 3.43. The van der Waals surface area contributed by atoms with Crippen molar-refractivity contribution in [1.29, 1.82) is 0 Å². The smallest absolute Gasteiger partial charge is 0.141 e. The Morgan fingerprint density at radius 1 is 0.944 bits per heavy atom. The number of anilines is 1. The van der Waals surface area contributed by atoms with E-state index in [9.17, 15) is 8.78 Å². The van der Waals surface area contributed by atoms with Crippen LogP contribution in [-0.4, -0.2) is 0 Å². The molecular formula is C13H9Cl2F2N. The van der Waals surface area contributed by atoms with E-state index in [1.807, 2.05) is 0 Å². The van der Waals surface area contributed by atoms with Crippen LogP contribution < -0.4 is 5.32 Å². The van der Waals surface area contributed by atoms with Crippen molar-refractivity contribution in [2.75, 3.05) is 5.32 Å². The third kappa shape index (κ3) is 3.12. The first kappa shape index (κ1) is 13.1. The predicted molar refractivity (Wildman–Crippen MR) is 70.1 cm³/mol. The molecule has 0 aliphatic carbocycles. The second kappa shape index (κ2) is 5.55. The van der Waals surface area contributed by atoms with Crippen LogP contribution in [0, 0.1) is 11.6 Å². The van der Waals surface area contributed by atoms with Crippen molar-refractivity contribution in [3.05, 3.63) is 63.6 Å². The summed E-state index contributed by atoms with van der Waals surface area (Å²) in [6, 6.07) is 8.54. The molecule has 0 aromatic heterocycles. The molecule has 5 heteroatoms. The molecule has 0 unspecified atom stereocenters. The lowest BCUT2D eigenvalue weighted by atomic mass is 10.2. The molecule has 0 radical (unpaired) electrons. The maximum atomic E-state index is 13.4. The Hall–Kier alpha value is -1.32. The van der Waals surface area contributed by atoms with Crippen molar-refractivity contribution in [2.45, 2.75) is 6.54 Å². The monoisotopic (exact) mass is 287 g/mol. The Balaban J connectivity index is 2.11. The molecule has 0 saturated heterocycles. The first-order valence-corrected chi connectivity index (χ1v) is 5.95. The number of hydrogen-bond donors (Lipinski definition) is 1. The summed E-state index contributed by atoms with van der Waals surface area (Å²) in [6.45, 7) is 0.244. The fourth-order valence-corrected chi connectivity index (χ4v) is 1.86. The maximum absolute atomic E-state index is 13.4. The summed E-state index contributed by atoms with van der Waals surface area (Å²) in [6.07, 6.45) is 0. The lowest BCUT2D eigenvalue weighted by Crippen LogP contribution is -2.02. The molecule has 0 saturated carbocycles. The average Bonchev–Trinajstić information content (AvgIpc) is 2.34. The van der Waals surface area contributed by atoms with Crippen LogP contribution in [0.3, 0.4) is 0 Å². The van der Waals surface area contributed by atoms with Gasteiger partial charge in [-0.15, -0.1) is 0 Å². The second-order valence-electron chi connectivity index (χ2n) is 3.72. The van der Waals surface area contributed by atoms with E-state index in [2.05, 4.69) is 5.32 Å². The van der Waals surface area contributed by atoms with Crippen molar-refractivity contribution < 1.29 is 8.78 Å². The summed E-state index contributed by atoms with van der Waals surface area (Å²) >= 11 is 11.4. The highest BCUT2D eigenvalue weighted by Gasteiger charge is 2.04. The molecule has 0 spiro atoms. The highest BCUT2D eigenvalue weighted by Crippen LogP contribution is 2.21. The molecule has 18 heavy (non-hydrogen) atoms. The van der Waals surface area contributed by atoms with Gasteiger partial charge in [0.25, 0.3) is 0 Å². The molecule has 1 nitrogen and oxygen atoms in total. The van der Waals surface area contributed by atoms with Gasteiger partial charge in [0.15, 0.2) is 0 Å². The Morgan fingerprint density at radius 2 is 1.67 bits per heavy atom. The van der Waals surface area contributed by atoms with E-state index < -0.39 is 5.82 Å². The summed E-state index contributed by atoms with van der Waals surface area (Å²) < 4.78 is 26.4. The van der Waals surface area contributed by atoms with Gasteiger partial charge < -0.3 is 5.32 Å². The summed E-state index contributed by atoms with van der Waals surface area (Å²) in [5.74, 6) is -0.837. The molecular weight excluding hydrogens is 279 g/mol. The van der Waals surface area contributed by atoms with Gasteiger partial charge in [0.2, 0.25) is 0 Å². The van der Waals surface area contributed by atoms with Gasteiger partial charge in [-0.2, -0.15) is 0 Å². The van der Waals surface area contributed by atoms with Gasteiger partial charge in [0.05, 0.1) is 5.02 Å². The normalized spacial score (nSPS) is 10.4. The molecule has 2 aromatic carbocycles. The van der Waals surface area contributed by atoms with Crippen LogP contribution in [0.4, 0.5) is 14.5 Å². The maximum Gasteiger partial charge on any atom is 0.141 e. The highest BCUT2D eigenvalue weighted by molar-refractivity contribution is 6.31. The van der Waals surface area contributed by atoms with Crippen molar-refractivity contribution in [3.8, 4) is 0 Å². The summed E-state index contributed by atoms with van der Waals surface area (Å²) in [5.41, 5.74) is 1.05. The Kier molecular flexibility index (Phi) is 4.04. The van der Waals surface area contributed by atoms with E-state index in [-0.39, 0.29) is 17.4 Å². The molecule has 0 aliphatic heterocycles. The van der Waals surface area contributed by atoms with Crippen LogP contribution in [0.15, 0.2) is 36.4 Å². The fraction of sp³-hybridized carbons (Fsp3) is 0.0769. The highest BCUT2D eigenvalue weighted by atomic mass is 35.5. The minimum Gasteiger partial charge on any atom is -0.381 e. The second-order valence-corrected chi connectivity index (χ2v) is 4.56. The molecule has 1 N–H and O–H groups in total. The lowest BCUT2D eigenvalue weighted by molar-refractivity contribution is 0.613. The minimum absolute atomic E-state index is 0.0200. The summed E-state index contributed by atoms with van der Waals surface area (Å²) in [7, 11) is 0. The molecule has 94 valence electrons. The van der Waals surface area contributed by atoms with Gasteiger partial charge in [0, 0.05) is 22.8 Å².